The lowest BCUT2D eigenvalue weighted by Gasteiger charge is -2.05. The molecule has 3 aromatic heterocycles. The summed E-state index contributed by atoms with van der Waals surface area (Å²) in [6, 6.07) is 7.22. The Morgan fingerprint density at radius 2 is 2.20 bits per heavy atom. The summed E-state index contributed by atoms with van der Waals surface area (Å²) in [5, 5.41) is 12.6. The van der Waals surface area contributed by atoms with Gasteiger partial charge >= 0.3 is 5.00 Å². The van der Waals surface area contributed by atoms with Gasteiger partial charge in [-0.1, -0.05) is 17.4 Å². The van der Waals surface area contributed by atoms with Crippen molar-refractivity contribution in [3.8, 4) is 11.5 Å². The van der Waals surface area contributed by atoms with Crippen LogP contribution < -0.4 is 0 Å². The van der Waals surface area contributed by atoms with Gasteiger partial charge in [-0.15, -0.1) is 0 Å². The largest absolute Gasteiger partial charge is 0.325 e. The normalized spacial score (nSPS) is 10.6. The fourth-order valence-corrected chi connectivity index (χ4v) is 2.62. The van der Waals surface area contributed by atoms with E-state index in [4.69, 9.17) is 0 Å². The molecule has 0 saturated heterocycles. The predicted molar refractivity (Wildman–Crippen MR) is 75.5 cm³/mol. The number of thiophene rings is 1. The van der Waals surface area contributed by atoms with Gasteiger partial charge < -0.3 is 4.57 Å². The second kappa shape index (κ2) is 5.22. The van der Waals surface area contributed by atoms with E-state index in [2.05, 4.69) is 9.97 Å². The SMILES string of the molecule is O=[N+]([O-])c1cc(Cn2ccnc2-c2ccccn2)cs1. The van der Waals surface area contributed by atoms with Crippen molar-refractivity contribution in [2.45, 2.75) is 6.54 Å². The smallest absolute Gasteiger partial charge is 0.324 e. The van der Waals surface area contributed by atoms with Crippen LogP contribution in [0.4, 0.5) is 5.00 Å². The number of hydrogen-bond acceptors (Lipinski definition) is 5. The number of rotatable bonds is 4. The van der Waals surface area contributed by atoms with Gasteiger partial charge in [-0.25, -0.2) is 4.98 Å². The number of nitro groups is 1. The second-order valence-electron chi connectivity index (χ2n) is 4.14. The van der Waals surface area contributed by atoms with E-state index in [0.29, 0.717) is 6.54 Å². The fourth-order valence-electron chi connectivity index (χ4n) is 1.90. The third kappa shape index (κ3) is 2.43. The molecule has 0 radical (unpaired) electrons. The van der Waals surface area contributed by atoms with Crippen molar-refractivity contribution in [1.29, 1.82) is 0 Å². The van der Waals surface area contributed by atoms with Crippen molar-refractivity contribution in [3.63, 3.8) is 0 Å². The summed E-state index contributed by atoms with van der Waals surface area (Å²) < 4.78 is 1.92. The number of nitrogens with zero attached hydrogens (tertiary/aromatic N) is 4. The maximum atomic E-state index is 10.7. The summed E-state index contributed by atoms with van der Waals surface area (Å²) in [4.78, 5) is 18.9. The van der Waals surface area contributed by atoms with E-state index in [1.165, 1.54) is 0 Å². The number of imidazole rings is 1. The first-order valence-electron chi connectivity index (χ1n) is 5.88. The summed E-state index contributed by atoms with van der Waals surface area (Å²) in [6.07, 6.45) is 5.25. The molecule has 0 spiro atoms. The maximum absolute atomic E-state index is 10.7. The predicted octanol–water partition coefficient (Wildman–Crippen LogP) is 2.96. The van der Waals surface area contributed by atoms with Crippen molar-refractivity contribution >= 4 is 16.3 Å². The quantitative estimate of drug-likeness (QED) is 0.546. The average molecular weight is 286 g/mol. The molecular weight excluding hydrogens is 276 g/mol. The fraction of sp³-hybridized carbons (Fsp3) is 0.0769. The molecule has 0 aliphatic rings. The minimum atomic E-state index is -0.373. The Morgan fingerprint density at radius 3 is 2.90 bits per heavy atom. The molecule has 0 aliphatic carbocycles. The molecule has 3 rings (SSSR count). The van der Waals surface area contributed by atoms with Crippen LogP contribution in [0.3, 0.4) is 0 Å². The highest BCUT2D eigenvalue weighted by molar-refractivity contribution is 7.13. The Morgan fingerprint density at radius 1 is 1.30 bits per heavy atom. The van der Waals surface area contributed by atoms with Gasteiger partial charge in [-0.05, 0) is 17.7 Å². The van der Waals surface area contributed by atoms with Gasteiger partial charge in [0.15, 0.2) is 5.82 Å². The molecule has 0 bridgehead atoms. The third-order valence-corrected chi connectivity index (χ3v) is 3.71. The molecule has 3 heterocycles. The molecule has 0 N–H and O–H groups in total. The summed E-state index contributed by atoms with van der Waals surface area (Å²) in [7, 11) is 0. The van der Waals surface area contributed by atoms with E-state index in [1.54, 1.807) is 23.8 Å². The molecule has 7 heteroatoms. The van der Waals surface area contributed by atoms with E-state index in [0.717, 1.165) is 28.4 Å². The number of pyridine rings is 1. The zero-order chi connectivity index (χ0) is 13.9. The highest BCUT2D eigenvalue weighted by Crippen LogP contribution is 2.24. The molecule has 0 atom stereocenters. The van der Waals surface area contributed by atoms with Crippen molar-refractivity contribution in [1.82, 2.24) is 14.5 Å². The molecule has 20 heavy (non-hydrogen) atoms. The summed E-state index contributed by atoms with van der Waals surface area (Å²) in [5.74, 6) is 0.749. The average Bonchev–Trinajstić information content (AvgIpc) is 3.09. The molecule has 100 valence electrons. The van der Waals surface area contributed by atoms with Crippen LogP contribution in [-0.2, 0) is 6.54 Å². The standard InChI is InChI=1S/C13H10N4O2S/c18-17(19)12-7-10(9-20-12)8-16-6-5-15-13(16)11-3-1-2-4-14-11/h1-7,9H,8H2. The maximum Gasteiger partial charge on any atom is 0.324 e. The van der Waals surface area contributed by atoms with Crippen LogP contribution in [-0.4, -0.2) is 19.5 Å². The summed E-state index contributed by atoms with van der Waals surface area (Å²) in [5.41, 5.74) is 1.67. The Hall–Kier alpha value is -2.54. The molecule has 6 nitrogen and oxygen atoms in total. The summed E-state index contributed by atoms with van der Waals surface area (Å²) >= 11 is 1.13. The van der Waals surface area contributed by atoms with Gasteiger partial charge in [-0.2, -0.15) is 0 Å². The van der Waals surface area contributed by atoms with E-state index < -0.39 is 0 Å². The first-order valence-corrected chi connectivity index (χ1v) is 6.76. The first kappa shape index (κ1) is 12.5. The van der Waals surface area contributed by atoms with Gasteiger partial charge in [0.1, 0.15) is 5.69 Å². The number of aromatic nitrogens is 3. The van der Waals surface area contributed by atoms with Crippen LogP contribution >= 0.6 is 11.3 Å². The van der Waals surface area contributed by atoms with E-state index in [-0.39, 0.29) is 9.92 Å². The topological polar surface area (TPSA) is 73.8 Å². The van der Waals surface area contributed by atoms with Crippen molar-refractivity contribution in [2.24, 2.45) is 0 Å². The Balaban J connectivity index is 1.88. The van der Waals surface area contributed by atoms with Crippen LogP contribution in [0.2, 0.25) is 0 Å². The minimum Gasteiger partial charge on any atom is -0.325 e. The van der Waals surface area contributed by atoms with E-state index in [1.807, 2.05) is 29.0 Å². The van der Waals surface area contributed by atoms with Crippen LogP contribution in [0, 0.1) is 10.1 Å². The van der Waals surface area contributed by atoms with Crippen molar-refractivity contribution in [2.75, 3.05) is 0 Å². The summed E-state index contributed by atoms with van der Waals surface area (Å²) in [6.45, 7) is 0.538. The van der Waals surface area contributed by atoms with Crippen LogP contribution in [0.5, 0.6) is 0 Å². The minimum absolute atomic E-state index is 0.152. The Labute approximate surface area is 118 Å². The van der Waals surface area contributed by atoms with Crippen LogP contribution in [0.1, 0.15) is 5.56 Å². The first-order chi connectivity index (χ1) is 9.74. The molecule has 0 amide bonds. The monoisotopic (exact) mass is 286 g/mol. The molecule has 0 unspecified atom stereocenters. The Bertz CT molecular complexity index is 736. The third-order valence-electron chi connectivity index (χ3n) is 2.78. The lowest BCUT2D eigenvalue weighted by atomic mass is 10.3. The zero-order valence-electron chi connectivity index (χ0n) is 10.3. The second-order valence-corrected chi connectivity index (χ2v) is 5.03. The molecular formula is C13H10N4O2S. The Kier molecular flexibility index (Phi) is 3.26. The van der Waals surface area contributed by atoms with Crippen molar-refractivity contribution in [3.05, 3.63) is 63.9 Å². The molecule has 0 saturated carbocycles. The molecule has 3 aromatic rings. The van der Waals surface area contributed by atoms with Gasteiger partial charge in [-0.3, -0.25) is 15.1 Å². The highest BCUT2D eigenvalue weighted by Gasteiger charge is 2.12. The van der Waals surface area contributed by atoms with Gasteiger partial charge in [0.05, 0.1) is 11.5 Å². The van der Waals surface area contributed by atoms with Crippen molar-refractivity contribution < 1.29 is 4.92 Å². The zero-order valence-corrected chi connectivity index (χ0v) is 11.2. The van der Waals surface area contributed by atoms with Crippen LogP contribution in [0.15, 0.2) is 48.2 Å². The van der Waals surface area contributed by atoms with Gasteiger partial charge in [0.25, 0.3) is 0 Å². The van der Waals surface area contributed by atoms with E-state index >= 15 is 0 Å². The molecule has 0 aliphatic heterocycles. The lowest BCUT2D eigenvalue weighted by molar-refractivity contribution is -0.380. The molecule has 0 aromatic carbocycles. The lowest BCUT2D eigenvalue weighted by Crippen LogP contribution is -2.01. The number of hydrogen-bond donors (Lipinski definition) is 0. The van der Waals surface area contributed by atoms with Crippen LogP contribution in [0.25, 0.3) is 11.5 Å². The molecule has 0 fully saturated rings. The highest BCUT2D eigenvalue weighted by atomic mass is 32.1. The van der Waals surface area contributed by atoms with Gasteiger partial charge in [0.2, 0.25) is 0 Å². The van der Waals surface area contributed by atoms with Gasteiger partial charge in [0, 0.05) is 30.0 Å². The van der Waals surface area contributed by atoms with E-state index in [9.17, 15) is 10.1 Å².